The summed E-state index contributed by atoms with van der Waals surface area (Å²) in [7, 11) is 0. The molecule has 3 heteroatoms. The van der Waals surface area contributed by atoms with Gasteiger partial charge in [-0.3, -0.25) is 0 Å². The predicted molar refractivity (Wildman–Crippen MR) is 74.4 cm³/mol. The molecule has 1 aromatic rings. The van der Waals surface area contributed by atoms with Crippen molar-refractivity contribution in [2.24, 2.45) is 5.73 Å². The van der Waals surface area contributed by atoms with Gasteiger partial charge in [0.15, 0.2) is 6.29 Å². The first-order valence-corrected chi connectivity index (χ1v) is 6.78. The van der Waals surface area contributed by atoms with Gasteiger partial charge in [0.05, 0.1) is 0 Å². The third kappa shape index (κ3) is 4.77. The van der Waals surface area contributed by atoms with Crippen LogP contribution < -0.4 is 5.73 Å². The van der Waals surface area contributed by atoms with Crippen LogP contribution in [0.15, 0.2) is 24.3 Å². The van der Waals surface area contributed by atoms with Crippen LogP contribution in [0.5, 0.6) is 0 Å². The summed E-state index contributed by atoms with van der Waals surface area (Å²) in [4.78, 5) is 0. The molecule has 0 aliphatic carbocycles. The van der Waals surface area contributed by atoms with Crippen molar-refractivity contribution in [1.82, 2.24) is 0 Å². The maximum Gasteiger partial charge on any atom is 0.183 e. The number of hydrogen-bond donors (Lipinski definition) is 1. The summed E-state index contributed by atoms with van der Waals surface area (Å²) in [6.45, 7) is 7.35. The smallest absolute Gasteiger partial charge is 0.183 e. The maximum atomic E-state index is 5.95. The van der Waals surface area contributed by atoms with Crippen LogP contribution in [-0.2, 0) is 15.9 Å². The van der Waals surface area contributed by atoms with E-state index in [2.05, 4.69) is 31.2 Å². The van der Waals surface area contributed by atoms with Gasteiger partial charge in [0.1, 0.15) is 0 Å². The molecule has 2 N–H and O–H groups in total. The van der Waals surface area contributed by atoms with Gasteiger partial charge in [-0.05, 0) is 32.3 Å². The van der Waals surface area contributed by atoms with Crippen LogP contribution in [0.25, 0.3) is 0 Å². The molecule has 0 fully saturated rings. The quantitative estimate of drug-likeness (QED) is 0.722. The number of benzene rings is 1. The van der Waals surface area contributed by atoms with E-state index in [1.54, 1.807) is 0 Å². The Morgan fingerprint density at radius 3 is 2.00 bits per heavy atom. The molecule has 0 saturated heterocycles. The summed E-state index contributed by atoms with van der Waals surface area (Å²) in [6.07, 6.45) is 1.67. The summed E-state index contributed by atoms with van der Waals surface area (Å²) in [5, 5.41) is 0. The zero-order valence-corrected chi connectivity index (χ0v) is 11.7. The van der Waals surface area contributed by atoms with Crippen molar-refractivity contribution in [2.45, 2.75) is 45.9 Å². The van der Waals surface area contributed by atoms with Crippen LogP contribution in [0.2, 0.25) is 0 Å². The van der Waals surface area contributed by atoms with Crippen molar-refractivity contribution in [2.75, 3.05) is 13.2 Å². The highest BCUT2D eigenvalue weighted by Crippen LogP contribution is 2.19. The molecule has 1 aromatic carbocycles. The largest absolute Gasteiger partial charge is 0.349 e. The molecule has 0 saturated carbocycles. The van der Waals surface area contributed by atoms with Gasteiger partial charge in [-0.2, -0.15) is 0 Å². The zero-order chi connectivity index (χ0) is 13.4. The summed E-state index contributed by atoms with van der Waals surface area (Å²) in [5.41, 5.74) is 8.28. The average molecular weight is 251 g/mol. The van der Waals surface area contributed by atoms with Crippen LogP contribution in [-0.4, -0.2) is 19.3 Å². The molecular formula is C15H25NO2. The van der Waals surface area contributed by atoms with Gasteiger partial charge in [-0.25, -0.2) is 0 Å². The molecule has 1 rings (SSSR count). The van der Waals surface area contributed by atoms with Gasteiger partial charge in [0, 0.05) is 24.8 Å². The van der Waals surface area contributed by atoms with Gasteiger partial charge >= 0.3 is 0 Å². The summed E-state index contributed by atoms with van der Waals surface area (Å²) in [6, 6.07) is 8.58. The fourth-order valence-electron chi connectivity index (χ4n) is 1.80. The van der Waals surface area contributed by atoms with Gasteiger partial charge in [0.2, 0.25) is 0 Å². The Morgan fingerprint density at radius 2 is 1.56 bits per heavy atom. The topological polar surface area (TPSA) is 44.5 Å². The second-order valence-corrected chi connectivity index (χ2v) is 4.36. The molecule has 1 unspecified atom stereocenters. The highest BCUT2D eigenvalue weighted by atomic mass is 16.7. The summed E-state index contributed by atoms with van der Waals surface area (Å²) in [5.74, 6) is 0. The van der Waals surface area contributed by atoms with E-state index in [0.29, 0.717) is 13.2 Å². The minimum Gasteiger partial charge on any atom is -0.349 e. The van der Waals surface area contributed by atoms with Crippen LogP contribution in [0.4, 0.5) is 0 Å². The first kappa shape index (κ1) is 15.2. The van der Waals surface area contributed by atoms with Crippen LogP contribution in [0.1, 0.15) is 44.6 Å². The minimum atomic E-state index is -0.256. The fraction of sp³-hybridized carbons (Fsp3) is 0.600. The van der Waals surface area contributed by atoms with Crippen LogP contribution in [0, 0.1) is 0 Å². The number of rotatable bonds is 8. The lowest BCUT2D eigenvalue weighted by Gasteiger charge is -2.17. The molecule has 0 spiro atoms. The van der Waals surface area contributed by atoms with E-state index in [4.69, 9.17) is 15.2 Å². The lowest BCUT2D eigenvalue weighted by molar-refractivity contribution is -0.140. The lowest BCUT2D eigenvalue weighted by atomic mass is 10.0. The highest BCUT2D eigenvalue weighted by Gasteiger charge is 2.11. The Morgan fingerprint density at radius 1 is 1.00 bits per heavy atom. The standard InChI is InChI=1S/C15H25NO2/c1-4-14(16)11-12-7-9-13(10-8-12)15(17-5-2)18-6-3/h7-10,14-15H,4-6,11,16H2,1-3H3. The molecule has 0 radical (unpaired) electrons. The van der Waals surface area contributed by atoms with E-state index >= 15 is 0 Å². The molecule has 0 aliphatic heterocycles. The normalized spacial score (nSPS) is 12.9. The first-order valence-electron chi connectivity index (χ1n) is 6.78. The monoisotopic (exact) mass is 251 g/mol. The van der Waals surface area contributed by atoms with Crippen molar-refractivity contribution < 1.29 is 9.47 Å². The van der Waals surface area contributed by atoms with E-state index < -0.39 is 0 Å². The zero-order valence-electron chi connectivity index (χ0n) is 11.7. The van der Waals surface area contributed by atoms with Crippen LogP contribution in [0.3, 0.4) is 0 Å². The van der Waals surface area contributed by atoms with E-state index in [9.17, 15) is 0 Å². The molecule has 102 valence electrons. The SMILES string of the molecule is CCOC(OCC)c1ccc(CC(N)CC)cc1. The Labute approximate surface area is 110 Å². The maximum absolute atomic E-state index is 5.95. The average Bonchev–Trinajstić information content (AvgIpc) is 2.39. The lowest BCUT2D eigenvalue weighted by Crippen LogP contribution is -2.21. The van der Waals surface area contributed by atoms with Gasteiger partial charge in [0.25, 0.3) is 0 Å². The van der Waals surface area contributed by atoms with Crippen LogP contribution >= 0.6 is 0 Å². The third-order valence-electron chi connectivity index (χ3n) is 2.91. The van der Waals surface area contributed by atoms with Crippen molar-refractivity contribution in [3.63, 3.8) is 0 Å². The van der Waals surface area contributed by atoms with E-state index in [-0.39, 0.29) is 12.3 Å². The van der Waals surface area contributed by atoms with E-state index in [1.807, 2.05) is 13.8 Å². The second-order valence-electron chi connectivity index (χ2n) is 4.36. The molecule has 1 atom stereocenters. The molecule has 0 bridgehead atoms. The van der Waals surface area contributed by atoms with Crippen molar-refractivity contribution >= 4 is 0 Å². The van der Waals surface area contributed by atoms with Gasteiger partial charge in [-0.15, -0.1) is 0 Å². The summed E-state index contributed by atoms with van der Waals surface area (Å²) >= 11 is 0. The van der Waals surface area contributed by atoms with Gasteiger partial charge in [-0.1, -0.05) is 31.2 Å². The molecule has 0 amide bonds. The predicted octanol–water partition coefficient (Wildman–Crippen LogP) is 3.04. The number of nitrogens with two attached hydrogens (primary N) is 1. The number of hydrogen-bond acceptors (Lipinski definition) is 3. The number of ether oxygens (including phenoxy) is 2. The highest BCUT2D eigenvalue weighted by molar-refractivity contribution is 5.24. The fourth-order valence-corrected chi connectivity index (χ4v) is 1.80. The molecule has 0 aromatic heterocycles. The third-order valence-corrected chi connectivity index (χ3v) is 2.91. The van der Waals surface area contributed by atoms with E-state index in [0.717, 1.165) is 18.4 Å². The van der Waals surface area contributed by atoms with Crippen molar-refractivity contribution in [1.29, 1.82) is 0 Å². The second kappa shape index (κ2) is 8.25. The van der Waals surface area contributed by atoms with Crippen molar-refractivity contribution in [3.05, 3.63) is 35.4 Å². The van der Waals surface area contributed by atoms with E-state index in [1.165, 1.54) is 5.56 Å². The Hall–Kier alpha value is -0.900. The Balaban J connectivity index is 2.67. The Kier molecular flexibility index (Phi) is 6.94. The van der Waals surface area contributed by atoms with Gasteiger partial charge < -0.3 is 15.2 Å². The molecule has 3 nitrogen and oxygen atoms in total. The first-order chi connectivity index (χ1) is 8.71. The Bertz CT molecular complexity index is 318. The molecular weight excluding hydrogens is 226 g/mol. The minimum absolute atomic E-state index is 0.241. The molecule has 0 heterocycles. The van der Waals surface area contributed by atoms with Crippen molar-refractivity contribution in [3.8, 4) is 0 Å². The molecule has 18 heavy (non-hydrogen) atoms. The summed E-state index contributed by atoms with van der Waals surface area (Å²) < 4.78 is 11.1. The molecule has 0 aliphatic rings.